The highest BCUT2D eigenvalue weighted by molar-refractivity contribution is 7.22. The van der Waals surface area contributed by atoms with Crippen molar-refractivity contribution in [1.82, 2.24) is 15.0 Å². The molecule has 0 bridgehead atoms. The van der Waals surface area contributed by atoms with Gasteiger partial charge in [0.1, 0.15) is 0 Å². The number of nitrogens with zero attached hydrogens (tertiary/aromatic N) is 3. The minimum absolute atomic E-state index is 0.731. The van der Waals surface area contributed by atoms with E-state index in [1.165, 1.54) is 37.2 Å². The third kappa shape index (κ3) is 5.05. The van der Waals surface area contributed by atoms with Gasteiger partial charge in [-0.1, -0.05) is 97.1 Å². The summed E-state index contributed by atoms with van der Waals surface area (Å²) in [4.78, 5) is 15.7. The van der Waals surface area contributed by atoms with E-state index in [1.54, 1.807) is 11.3 Å². The predicted molar refractivity (Wildman–Crippen MR) is 197 cm³/mol. The predicted octanol–water partition coefficient (Wildman–Crippen LogP) is 11.7. The Morgan fingerprint density at radius 2 is 1.04 bits per heavy atom. The largest absolute Gasteiger partial charge is 0.265 e. The molecule has 3 heterocycles. The van der Waals surface area contributed by atoms with Gasteiger partial charge in [0, 0.05) is 28.2 Å². The highest BCUT2D eigenvalue weighted by atomic mass is 32.1. The quantitative estimate of drug-likeness (QED) is 0.180. The highest BCUT2D eigenvalue weighted by Gasteiger charge is 2.16. The fraction of sp³-hybridized carbons (Fsp3) is 0. The van der Waals surface area contributed by atoms with Gasteiger partial charge in [0.05, 0.1) is 16.3 Å². The topological polar surface area (TPSA) is 38.7 Å². The number of aromatic nitrogens is 3. The molecule has 0 saturated carbocycles. The standard InChI is InChI=1S/C43H27N3S/c1-2-10-29(11-3-1)39-27-40(46-43(45-39)42-26-31-13-5-9-17-41(31)47-42)34-23-32(28-18-20-44-21-19-28)22-33(24-34)38-25-30-12-4-6-14-35(30)36-15-7-8-16-37(36)38/h1-27H. The van der Waals surface area contributed by atoms with Gasteiger partial charge in [-0.2, -0.15) is 0 Å². The molecule has 0 radical (unpaired) electrons. The second-order valence-corrected chi connectivity index (χ2v) is 12.8. The van der Waals surface area contributed by atoms with Gasteiger partial charge in [0.2, 0.25) is 0 Å². The molecule has 0 aliphatic heterocycles. The van der Waals surface area contributed by atoms with Crippen LogP contribution >= 0.6 is 11.3 Å². The Kier molecular flexibility index (Phi) is 6.65. The van der Waals surface area contributed by atoms with Crippen molar-refractivity contribution < 1.29 is 0 Å². The lowest BCUT2D eigenvalue weighted by Crippen LogP contribution is -1.96. The van der Waals surface area contributed by atoms with Gasteiger partial charge in [-0.15, -0.1) is 11.3 Å². The number of benzene rings is 6. The lowest BCUT2D eigenvalue weighted by atomic mass is 9.90. The maximum Gasteiger partial charge on any atom is 0.170 e. The molecule has 0 fully saturated rings. The lowest BCUT2D eigenvalue weighted by molar-refractivity contribution is 1.19. The Labute approximate surface area is 276 Å². The Hall–Kier alpha value is -5.97. The molecule has 220 valence electrons. The van der Waals surface area contributed by atoms with Crippen LogP contribution in [0.2, 0.25) is 0 Å². The number of hydrogen-bond acceptors (Lipinski definition) is 4. The summed E-state index contributed by atoms with van der Waals surface area (Å²) in [5.41, 5.74) is 8.43. The summed E-state index contributed by atoms with van der Waals surface area (Å²) in [5, 5.41) is 6.15. The van der Waals surface area contributed by atoms with Gasteiger partial charge in [0.15, 0.2) is 5.82 Å². The van der Waals surface area contributed by atoms with Gasteiger partial charge in [-0.3, -0.25) is 4.98 Å². The van der Waals surface area contributed by atoms with Crippen LogP contribution in [0.1, 0.15) is 0 Å². The van der Waals surface area contributed by atoms with Crippen LogP contribution in [0.25, 0.3) is 87.1 Å². The minimum atomic E-state index is 0.731. The first kappa shape index (κ1) is 27.3. The summed E-state index contributed by atoms with van der Waals surface area (Å²) in [6.45, 7) is 0. The molecule has 9 rings (SSSR count). The second kappa shape index (κ2) is 11.4. The first-order valence-corrected chi connectivity index (χ1v) is 16.5. The van der Waals surface area contributed by atoms with Crippen molar-refractivity contribution in [3.63, 3.8) is 0 Å². The van der Waals surface area contributed by atoms with Crippen molar-refractivity contribution in [2.75, 3.05) is 0 Å². The zero-order valence-corrected chi connectivity index (χ0v) is 26.2. The van der Waals surface area contributed by atoms with E-state index in [4.69, 9.17) is 9.97 Å². The van der Waals surface area contributed by atoms with Crippen LogP contribution in [0.3, 0.4) is 0 Å². The molecule has 6 aromatic carbocycles. The molecule has 0 amide bonds. The normalized spacial score (nSPS) is 11.4. The Bertz CT molecular complexity index is 2540. The number of rotatable bonds is 5. The fourth-order valence-corrected chi connectivity index (χ4v) is 7.49. The van der Waals surface area contributed by atoms with Crippen LogP contribution in [-0.4, -0.2) is 15.0 Å². The number of thiophene rings is 1. The second-order valence-electron chi connectivity index (χ2n) is 11.7. The highest BCUT2D eigenvalue weighted by Crippen LogP contribution is 2.40. The molecule has 0 saturated heterocycles. The van der Waals surface area contributed by atoms with E-state index in [0.29, 0.717) is 0 Å². The summed E-state index contributed by atoms with van der Waals surface area (Å²) in [6, 6.07) is 53.8. The smallest absolute Gasteiger partial charge is 0.170 e. The van der Waals surface area contributed by atoms with E-state index in [9.17, 15) is 0 Å². The molecule has 0 aliphatic rings. The molecule has 0 N–H and O–H groups in total. The number of hydrogen-bond donors (Lipinski definition) is 0. The van der Waals surface area contributed by atoms with E-state index in [0.717, 1.165) is 49.9 Å². The van der Waals surface area contributed by atoms with Crippen LogP contribution in [-0.2, 0) is 0 Å². The minimum Gasteiger partial charge on any atom is -0.265 e. The van der Waals surface area contributed by atoms with Crippen LogP contribution in [0.15, 0.2) is 164 Å². The SMILES string of the molecule is c1ccc(-c2cc(-c3cc(-c4ccncc4)cc(-c4cc5ccccc5c5ccccc45)c3)nc(-c3cc4ccccc4s3)n2)cc1. The molecule has 3 nitrogen and oxygen atoms in total. The van der Waals surface area contributed by atoms with E-state index in [1.807, 2.05) is 18.5 Å². The average molecular weight is 618 g/mol. The Balaban J connectivity index is 1.31. The molecule has 0 aliphatic carbocycles. The first-order chi connectivity index (χ1) is 23.3. The van der Waals surface area contributed by atoms with Gasteiger partial charge < -0.3 is 0 Å². The van der Waals surface area contributed by atoms with Crippen molar-refractivity contribution in [3.05, 3.63) is 164 Å². The lowest BCUT2D eigenvalue weighted by Gasteiger charge is -2.15. The molecule has 0 unspecified atom stereocenters. The molecular formula is C43H27N3S. The van der Waals surface area contributed by atoms with Gasteiger partial charge in [0.25, 0.3) is 0 Å². The van der Waals surface area contributed by atoms with Crippen molar-refractivity contribution in [2.24, 2.45) is 0 Å². The van der Waals surface area contributed by atoms with Crippen molar-refractivity contribution in [2.45, 2.75) is 0 Å². The summed E-state index contributed by atoms with van der Waals surface area (Å²) >= 11 is 1.73. The zero-order valence-electron chi connectivity index (χ0n) is 25.3. The maximum atomic E-state index is 5.26. The van der Waals surface area contributed by atoms with E-state index >= 15 is 0 Å². The maximum absolute atomic E-state index is 5.26. The van der Waals surface area contributed by atoms with Gasteiger partial charge in [-0.25, -0.2) is 9.97 Å². The van der Waals surface area contributed by atoms with E-state index in [2.05, 4.69) is 151 Å². The number of fused-ring (bicyclic) bond motifs is 4. The van der Waals surface area contributed by atoms with Crippen LogP contribution in [0, 0.1) is 0 Å². The van der Waals surface area contributed by atoms with Gasteiger partial charge in [-0.05, 0) is 104 Å². The van der Waals surface area contributed by atoms with Gasteiger partial charge >= 0.3 is 0 Å². The average Bonchev–Trinajstić information content (AvgIpc) is 3.60. The molecular weight excluding hydrogens is 591 g/mol. The van der Waals surface area contributed by atoms with Crippen molar-refractivity contribution in [3.8, 4) is 55.5 Å². The Morgan fingerprint density at radius 1 is 0.404 bits per heavy atom. The van der Waals surface area contributed by atoms with Crippen molar-refractivity contribution >= 4 is 43.0 Å². The molecule has 0 atom stereocenters. The summed E-state index contributed by atoms with van der Waals surface area (Å²) in [5.74, 6) is 0.731. The molecule has 9 aromatic rings. The van der Waals surface area contributed by atoms with E-state index < -0.39 is 0 Å². The Morgan fingerprint density at radius 3 is 1.85 bits per heavy atom. The summed E-state index contributed by atoms with van der Waals surface area (Å²) < 4.78 is 1.22. The van der Waals surface area contributed by atoms with Crippen LogP contribution in [0.5, 0.6) is 0 Å². The van der Waals surface area contributed by atoms with Crippen LogP contribution in [0.4, 0.5) is 0 Å². The first-order valence-electron chi connectivity index (χ1n) is 15.7. The third-order valence-electron chi connectivity index (χ3n) is 8.76. The van der Waals surface area contributed by atoms with E-state index in [-0.39, 0.29) is 0 Å². The summed E-state index contributed by atoms with van der Waals surface area (Å²) in [7, 11) is 0. The monoisotopic (exact) mass is 617 g/mol. The fourth-order valence-electron chi connectivity index (χ4n) is 6.49. The van der Waals surface area contributed by atoms with Crippen LogP contribution < -0.4 is 0 Å². The molecule has 47 heavy (non-hydrogen) atoms. The zero-order chi connectivity index (χ0) is 31.2. The third-order valence-corrected chi connectivity index (χ3v) is 9.88. The summed E-state index contributed by atoms with van der Waals surface area (Å²) in [6.07, 6.45) is 3.70. The number of pyridine rings is 1. The molecule has 3 aromatic heterocycles. The van der Waals surface area contributed by atoms with Crippen molar-refractivity contribution in [1.29, 1.82) is 0 Å². The molecule has 4 heteroatoms. The molecule has 0 spiro atoms.